The first-order chi connectivity index (χ1) is 14.5. The Morgan fingerprint density at radius 1 is 1.00 bits per heavy atom. The molecule has 154 valence electrons. The first kappa shape index (κ1) is 21.8. The standard InChI is InChI=1S/C23H21IN2O4/c1-29-20-14-19(24)13-16(21(20)30-2)15-25-26-22(27)23(28,17-9-5-3-6-10-17)18-11-7-4-8-12-18/h3-15,28H,1-2H3,(H,26,27)/b25-15-. The van der Waals surface area contributed by atoms with E-state index in [4.69, 9.17) is 9.47 Å². The zero-order chi connectivity index (χ0) is 21.6. The molecule has 6 nitrogen and oxygen atoms in total. The van der Waals surface area contributed by atoms with Crippen LogP contribution in [-0.4, -0.2) is 31.4 Å². The molecule has 0 aliphatic rings. The summed E-state index contributed by atoms with van der Waals surface area (Å²) >= 11 is 2.16. The van der Waals surface area contributed by atoms with Crippen molar-refractivity contribution in [1.29, 1.82) is 0 Å². The number of hydrogen-bond donors (Lipinski definition) is 2. The number of amides is 1. The summed E-state index contributed by atoms with van der Waals surface area (Å²) in [5, 5.41) is 15.5. The topological polar surface area (TPSA) is 80.2 Å². The third-order valence-electron chi connectivity index (χ3n) is 4.55. The summed E-state index contributed by atoms with van der Waals surface area (Å²) in [7, 11) is 3.08. The van der Waals surface area contributed by atoms with E-state index in [2.05, 4.69) is 33.1 Å². The van der Waals surface area contributed by atoms with Gasteiger partial charge in [-0.15, -0.1) is 0 Å². The second-order valence-corrected chi connectivity index (χ2v) is 7.62. The maximum absolute atomic E-state index is 13.1. The van der Waals surface area contributed by atoms with Gasteiger partial charge < -0.3 is 14.6 Å². The molecule has 1 amide bonds. The Hall–Kier alpha value is -2.91. The highest BCUT2D eigenvalue weighted by Gasteiger charge is 2.39. The Bertz CT molecular complexity index is 1000. The molecule has 0 fully saturated rings. The number of methoxy groups -OCH3 is 2. The minimum atomic E-state index is -1.90. The van der Waals surface area contributed by atoms with E-state index in [1.54, 1.807) is 55.6 Å². The van der Waals surface area contributed by atoms with Gasteiger partial charge in [-0.25, -0.2) is 5.43 Å². The molecule has 0 unspecified atom stereocenters. The van der Waals surface area contributed by atoms with Crippen LogP contribution in [0.2, 0.25) is 0 Å². The summed E-state index contributed by atoms with van der Waals surface area (Å²) in [4.78, 5) is 13.1. The molecule has 0 saturated carbocycles. The fourth-order valence-corrected chi connectivity index (χ4v) is 3.70. The minimum Gasteiger partial charge on any atom is -0.493 e. The van der Waals surface area contributed by atoms with Crippen LogP contribution in [0.5, 0.6) is 11.5 Å². The molecule has 30 heavy (non-hydrogen) atoms. The van der Waals surface area contributed by atoms with Gasteiger partial charge >= 0.3 is 0 Å². The molecule has 3 aromatic rings. The maximum atomic E-state index is 13.1. The number of nitrogens with zero attached hydrogens (tertiary/aromatic N) is 1. The van der Waals surface area contributed by atoms with Crippen LogP contribution in [0.1, 0.15) is 16.7 Å². The second kappa shape index (κ2) is 9.73. The Morgan fingerprint density at radius 3 is 2.07 bits per heavy atom. The molecule has 3 aromatic carbocycles. The lowest BCUT2D eigenvalue weighted by Crippen LogP contribution is -2.43. The van der Waals surface area contributed by atoms with Crippen molar-refractivity contribution in [2.75, 3.05) is 14.2 Å². The average Bonchev–Trinajstić information content (AvgIpc) is 2.79. The van der Waals surface area contributed by atoms with Gasteiger partial charge in [0.15, 0.2) is 17.1 Å². The molecule has 0 bridgehead atoms. The molecule has 3 rings (SSSR count). The molecule has 0 saturated heterocycles. The van der Waals surface area contributed by atoms with Crippen molar-refractivity contribution < 1.29 is 19.4 Å². The van der Waals surface area contributed by atoms with E-state index in [0.29, 0.717) is 28.2 Å². The molecule has 2 N–H and O–H groups in total. The summed E-state index contributed by atoms with van der Waals surface area (Å²) in [5.74, 6) is 0.382. The smallest absolute Gasteiger partial charge is 0.281 e. The number of aliphatic hydroxyl groups is 1. The molecule has 0 aromatic heterocycles. The summed E-state index contributed by atoms with van der Waals surface area (Å²) in [6.07, 6.45) is 1.46. The Balaban J connectivity index is 1.92. The van der Waals surface area contributed by atoms with Gasteiger partial charge in [-0.2, -0.15) is 5.10 Å². The van der Waals surface area contributed by atoms with Gasteiger partial charge in [0, 0.05) is 9.13 Å². The highest BCUT2D eigenvalue weighted by molar-refractivity contribution is 14.1. The second-order valence-electron chi connectivity index (χ2n) is 6.37. The fourth-order valence-electron chi connectivity index (χ4n) is 3.08. The largest absolute Gasteiger partial charge is 0.493 e. The average molecular weight is 516 g/mol. The lowest BCUT2D eigenvalue weighted by atomic mass is 9.85. The lowest BCUT2D eigenvalue weighted by molar-refractivity contribution is -0.136. The first-order valence-corrected chi connectivity index (χ1v) is 10.2. The van der Waals surface area contributed by atoms with Crippen molar-refractivity contribution in [3.05, 3.63) is 93.1 Å². The number of nitrogens with one attached hydrogen (secondary N) is 1. The van der Waals surface area contributed by atoms with Crippen LogP contribution in [0.3, 0.4) is 0 Å². The van der Waals surface area contributed by atoms with Crippen molar-refractivity contribution in [3.8, 4) is 11.5 Å². The fraction of sp³-hybridized carbons (Fsp3) is 0.130. The number of rotatable bonds is 7. The Morgan fingerprint density at radius 2 is 1.57 bits per heavy atom. The van der Waals surface area contributed by atoms with E-state index in [0.717, 1.165) is 3.57 Å². The van der Waals surface area contributed by atoms with Crippen molar-refractivity contribution >= 4 is 34.7 Å². The molecular formula is C23H21IN2O4. The third kappa shape index (κ3) is 4.47. The summed E-state index contributed by atoms with van der Waals surface area (Å²) in [6, 6.07) is 21.2. The first-order valence-electron chi connectivity index (χ1n) is 9.09. The highest BCUT2D eigenvalue weighted by atomic mass is 127. The molecule has 0 radical (unpaired) electrons. The SMILES string of the molecule is COc1cc(I)cc(/C=N\NC(=O)C(O)(c2ccccc2)c2ccccc2)c1OC. The molecular weight excluding hydrogens is 495 g/mol. The quantitative estimate of drug-likeness (QED) is 0.285. The molecule has 7 heteroatoms. The zero-order valence-electron chi connectivity index (χ0n) is 16.5. The predicted molar refractivity (Wildman–Crippen MR) is 124 cm³/mol. The van der Waals surface area contributed by atoms with E-state index in [1.807, 2.05) is 24.3 Å². The summed E-state index contributed by atoms with van der Waals surface area (Å²) in [6.45, 7) is 0. The van der Waals surface area contributed by atoms with Gasteiger partial charge in [0.2, 0.25) is 0 Å². The summed E-state index contributed by atoms with van der Waals surface area (Å²) in [5.41, 5.74) is 2.08. The van der Waals surface area contributed by atoms with Crippen LogP contribution in [0, 0.1) is 3.57 Å². The number of ether oxygens (including phenoxy) is 2. The van der Waals surface area contributed by atoms with E-state index in [1.165, 1.54) is 13.3 Å². The monoisotopic (exact) mass is 516 g/mol. The van der Waals surface area contributed by atoms with E-state index in [-0.39, 0.29) is 0 Å². The van der Waals surface area contributed by atoms with Crippen LogP contribution >= 0.6 is 22.6 Å². The summed E-state index contributed by atoms with van der Waals surface area (Å²) < 4.78 is 11.7. The van der Waals surface area contributed by atoms with E-state index in [9.17, 15) is 9.90 Å². The number of hydrogen-bond acceptors (Lipinski definition) is 5. The predicted octanol–water partition coefficient (Wildman–Crippen LogP) is 3.69. The normalized spacial score (nSPS) is 11.3. The maximum Gasteiger partial charge on any atom is 0.281 e. The van der Waals surface area contributed by atoms with Crippen molar-refractivity contribution in [2.24, 2.45) is 5.10 Å². The molecule has 0 atom stereocenters. The van der Waals surface area contributed by atoms with Gasteiger partial charge in [-0.1, -0.05) is 60.7 Å². The zero-order valence-corrected chi connectivity index (χ0v) is 18.7. The van der Waals surface area contributed by atoms with Crippen molar-refractivity contribution in [3.63, 3.8) is 0 Å². The van der Waals surface area contributed by atoms with Crippen LogP contribution in [-0.2, 0) is 10.4 Å². The van der Waals surface area contributed by atoms with E-state index >= 15 is 0 Å². The van der Waals surface area contributed by atoms with Gasteiger partial charge in [0.1, 0.15) is 0 Å². The van der Waals surface area contributed by atoms with Crippen LogP contribution in [0.15, 0.2) is 77.9 Å². The molecule has 0 aliphatic heterocycles. The highest BCUT2D eigenvalue weighted by Crippen LogP contribution is 2.32. The Kier molecular flexibility index (Phi) is 7.07. The van der Waals surface area contributed by atoms with Crippen LogP contribution in [0.25, 0.3) is 0 Å². The molecule has 0 aliphatic carbocycles. The van der Waals surface area contributed by atoms with E-state index < -0.39 is 11.5 Å². The van der Waals surface area contributed by atoms with Crippen LogP contribution in [0.4, 0.5) is 0 Å². The van der Waals surface area contributed by atoms with Crippen LogP contribution < -0.4 is 14.9 Å². The number of halogens is 1. The minimum absolute atomic E-state index is 0.442. The molecule has 0 spiro atoms. The number of hydrazone groups is 1. The van der Waals surface area contributed by atoms with Crippen molar-refractivity contribution in [1.82, 2.24) is 5.43 Å². The van der Waals surface area contributed by atoms with Gasteiger partial charge in [0.25, 0.3) is 5.91 Å². The van der Waals surface area contributed by atoms with Gasteiger partial charge in [-0.05, 0) is 45.9 Å². The third-order valence-corrected chi connectivity index (χ3v) is 5.18. The number of carbonyl (C=O) groups excluding carboxylic acids is 1. The van der Waals surface area contributed by atoms with Gasteiger partial charge in [0.05, 0.1) is 20.4 Å². The Labute approximate surface area is 188 Å². The number of benzene rings is 3. The molecule has 0 heterocycles. The van der Waals surface area contributed by atoms with Gasteiger partial charge in [-0.3, -0.25) is 4.79 Å². The lowest BCUT2D eigenvalue weighted by Gasteiger charge is -2.27. The van der Waals surface area contributed by atoms with Crippen molar-refractivity contribution in [2.45, 2.75) is 5.60 Å². The number of carbonyl (C=O) groups is 1.